The molecule has 0 aliphatic rings. The lowest BCUT2D eigenvalue weighted by Gasteiger charge is -2.11. The van der Waals surface area contributed by atoms with Crippen LogP contribution in [0.15, 0.2) is 41.9 Å². The lowest BCUT2D eigenvalue weighted by atomic mass is 10.1. The summed E-state index contributed by atoms with van der Waals surface area (Å²) in [6, 6.07) is 11.1. The van der Waals surface area contributed by atoms with Crippen LogP contribution in [0.5, 0.6) is 5.75 Å². The first-order valence-corrected chi connectivity index (χ1v) is 11.9. The van der Waals surface area contributed by atoms with Crippen LogP contribution in [-0.2, 0) is 18.3 Å². The average Bonchev–Trinajstić information content (AvgIpc) is 3.38. The first-order chi connectivity index (χ1) is 16.4. The van der Waals surface area contributed by atoms with Gasteiger partial charge in [0, 0.05) is 31.0 Å². The van der Waals surface area contributed by atoms with Crippen LogP contribution in [0.25, 0.3) is 22.4 Å². The van der Waals surface area contributed by atoms with Crippen LogP contribution < -0.4 is 15.4 Å². The van der Waals surface area contributed by atoms with Gasteiger partial charge in [0.2, 0.25) is 5.91 Å². The number of para-hydroxylation sites is 1. The van der Waals surface area contributed by atoms with Crippen molar-refractivity contribution in [3.8, 4) is 17.1 Å². The third-order valence-corrected chi connectivity index (χ3v) is 6.60. The van der Waals surface area contributed by atoms with Gasteiger partial charge in [-0.25, -0.2) is 9.97 Å². The average molecular weight is 478 g/mol. The van der Waals surface area contributed by atoms with Crippen molar-refractivity contribution >= 4 is 39.9 Å². The highest BCUT2D eigenvalue weighted by Crippen LogP contribution is 2.34. The number of fused-ring (bicyclic) bond motifs is 1. The van der Waals surface area contributed by atoms with Gasteiger partial charge in [0.25, 0.3) is 5.91 Å². The minimum absolute atomic E-state index is 0.209. The highest BCUT2D eigenvalue weighted by Gasteiger charge is 2.19. The smallest absolute Gasteiger partial charge is 0.251 e. The Hall–Kier alpha value is -3.72. The Morgan fingerprint density at radius 1 is 1.21 bits per heavy atom. The predicted molar refractivity (Wildman–Crippen MR) is 135 cm³/mol. The molecule has 0 saturated carbocycles. The summed E-state index contributed by atoms with van der Waals surface area (Å²) >= 11 is 1.63. The van der Waals surface area contributed by atoms with Crippen molar-refractivity contribution in [1.29, 1.82) is 0 Å². The number of methoxy groups -OCH3 is 1. The van der Waals surface area contributed by atoms with Crippen LogP contribution in [0.2, 0.25) is 0 Å². The summed E-state index contributed by atoms with van der Waals surface area (Å²) in [5, 5.41) is 5.83. The Morgan fingerprint density at radius 3 is 2.71 bits per heavy atom. The van der Waals surface area contributed by atoms with Crippen molar-refractivity contribution in [2.45, 2.75) is 26.7 Å². The van der Waals surface area contributed by atoms with Gasteiger partial charge in [0.15, 0.2) is 0 Å². The molecule has 0 aliphatic carbocycles. The van der Waals surface area contributed by atoms with E-state index < -0.39 is 0 Å². The quantitative estimate of drug-likeness (QED) is 0.368. The van der Waals surface area contributed by atoms with Crippen LogP contribution in [0.3, 0.4) is 0 Å². The SMILES string of the molecule is COc1ccccc1-c1nc2cc(C(=O)NCCCc3scnc3C)cc(NC(C)=O)c2n1C. The molecule has 2 amide bonds. The second-order valence-corrected chi connectivity index (χ2v) is 8.93. The number of thiazole rings is 1. The molecular formula is C25H27N5O3S. The van der Waals surface area contributed by atoms with Gasteiger partial charge in [0.05, 0.1) is 40.6 Å². The zero-order valence-electron chi connectivity index (χ0n) is 19.6. The van der Waals surface area contributed by atoms with E-state index >= 15 is 0 Å². The van der Waals surface area contributed by atoms with Gasteiger partial charge in [-0.3, -0.25) is 9.59 Å². The molecule has 0 unspecified atom stereocenters. The van der Waals surface area contributed by atoms with E-state index in [1.807, 2.05) is 48.3 Å². The van der Waals surface area contributed by atoms with Crippen LogP contribution in [-0.4, -0.2) is 40.0 Å². The number of imidazole rings is 1. The van der Waals surface area contributed by atoms with Gasteiger partial charge in [-0.05, 0) is 44.0 Å². The van der Waals surface area contributed by atoms with Crippen LogP contribution in [0, 0.1) is 6.92 Å². The fraction of sp³-hybridized carbons (Fsp3) is 0.280. The molecule has 2 N–H and O–H groups in total. The van der Waals surface area contributed by atoms with Gasteiger partial charge in [-0.2, -0.15) is 0 Å². The van der Waals surface area contributed by atoms with Gasteiger partial charge in [-0.1, -0.05) is 12.1 Å². The van der Waals surface area contributed by atoms with E-state index in [2.05, 4.69) is 15.6 Å². The first-order valence-electron chi connectivity index (χ1n) is 11.0. The molecule has 0 bridgehead atoms. The molecule has 0 atom stereocenters. The summed E-state index contributed by atoms with van der Waals surface area (Å²) in [5.74, 6) is 0.936. The molecule has 8 nitrogen and oxygen atoms in total. The number of aromatic nitrogens is 3. The second-order valence-electron chi connectivity index (χ2n) is 7.99. The molecule has 0 aliphatic heterocycles. The molecule has 2 aromatic carbocycles. The van der Waals surface area contributed by atoms with Crippen molar-refractivity contribution in [1.82, 2.24) is 19.9 Å². The van der Waals surface area contributed by atoms with Crippen molar-refractivity contribution in [3.63, 3.8) is 0 Å². The Bertz CT molecular complexity index is 1360. The number of amides is 2. The summed E-state index contributed by atoms with van der Waals surface area (Å²) in [6.07, 6.45) is 1.69. The van der Waals surface area contributed by atoms with E-state index in [9.17, 15) is 9.59 Å². The Morgan fingerprint density at radius 2 is 2.00 bits per heavy atom. The number of anilines is 1. The van der Waals surface area contributed by atoms with Crippen molar-refractivity contribution in [2.75, 3.05) is 19.0 Å². The van der Waals surface area contributed by atoms with E-state index in [0.717, 1.165) is 29.6 Å². The zero-order valence-corrected chi connectivity index (χ0v) is 20.5. The molecule has 176 valence electrons. The number of hydrogen-bond donors (Lipinski definition) is 2. The number of carbonyl (C=O) groups is 2. The van der Waals surface area contributed by atoms with E-state index in [4.69, 9.17) is 9.72 Å². The minimum atomic E-state index is -0.223. The maximum absolute atomic E-state index is 12.9. The number of aryl methyl sites for hydroxylation is 3. The highest BCUT2D eigenvalue weighted by atomic mass is 32.1. The molecule has 0 fully saturated rings. The standard InChI is InChI=1S/C25H27N5O3S/c1-15-22(34-14-27-15)10-7-11-26-25(32)17-12-19(28-16(2)31)23-20(13-17)29-24(30(23)3)18-8-5-6-9-21(18)33-4/h5-6,8-9,12-14H,7,10-11H2,1-4H3,(H,26,32)(H,28,31). The van der Waals surface area contributed by atoms with Crippen LogP contribution >= 0.6 is 11.3 Å². The topological polar surface area (TPSA) is 98.1 Å². The lowest BCUT2D eigenvalue weighted by Crippen LogP contribution is -2.25. The summed E-state index contributed by atoms with van der Waals surface area (Å²) in [5.41, 5.74) is 6.02. The Balaban J connectivity index is 1.63. The first kappa shape index (κ1) is 23.4. The second kappa shape index (κ2) is 10.0. The molecule has 34 heavy (non-hydrogen) atoms. The van der Waals surface area contributed by atoms with Gasteiger partial charge in [0.1, 0.15) is 11.6 Å². The fourth-order valence-corrected chi connectivity index (χ4v) is 4.78. The zero-order chi connectivity index (χ0) is 24.2. The van der Waals surface area contributed by atoms with Gasteiger partial charge < -0.3 is 19.9 Å². The summed E-state index contributed by atoms with van der Waals surface area (Å²) in [7, 11) is 3.49. The van der Waals surface area contributed by atoms with Gasteiger partial charge >= 0.3 is 0 Å². The van der Waals surface area contributed by atoms with Crippen molar-refractivity contribution in [3.05, 3.63) is 58.0 Å². The fourth-order valence-electron chi connectivity index (χ4n) is 3.96. The molecule has 2 aromatic heterocycles. The molecule has 0 saturated heterocycles. The van der Waals surface area contributed by atoms with E-state index in [1.165, 1.54) is 11.8 Å². The minimum Gasteiger partial charge on any atom is -0.496 e. The van der Waals surface area contributed by atoms with Crippen molar-refractivity contribution < 1.29 is 14.3 Å². The monoisotopic (exact) mass is 477 g/mol. The van der Waals surface area contributed by atoms with Gasteiger partial charge in [-0.15, -0.1) is 11.3 Å². The highest BCUT2D eigenvalue weighted by molar-refractivity contribution is 7.09. The predicted octanol–water partition coefficient (Wildman–Crippen LogP) is 4.33. The Labute approximate surface area is 202 Å². The number of ether oxygens (including phenoxy) is 1. The van der Waals surface area contributed by atoms with Crippen LogP contribution in [0.4, 0.5) is 5.69 Å². The molecule has 0 spiro atoms. The number of rotatable bonds is 8. The number of nitrogens with one attached hydrogen (secondary N) is 2. The Kier molecular flexibility index (Phi) is 6.93. The maximum atomic E-state index is 12.9. The maximum Gasteiger partial charge on any atom is 0.251 e. The van der Waals surface area contributed by atoms with E-state index in [0.29, 0.717) is 34.9 Å². The molecule has 4 rings (SSSR count). The van der Waals surface area contributed by atoms with Crippen molar-refractivity contribution in [2.24, 2.45) is 7.05 Å². The molecule has 0 radical (unpaired) electrons. The number of carbonyl (C=O) groups excluding carboxylic acids is 2. The summed E-state index contributed by atoms with van der Waals surface area (Å²) in [4.78, 5) is 35.1. The largest absolute Gasteiger partial charge is 0.496 e. The lowest BCUT2D eigenvalue weighted by molar-refractivity contribution is -0.114. The third-order valence-electron chi connectivity index (χ3n) is 5.60. The number of benzene rings is 2. The third kappa shape index (κ3) is 4.79. The summed E-state index contributed by atoms with van der Waals surface area (Å²) < 4.78 is 7.41. The number of nitrogens with zero attached hydrogens (tertiary/aromatic N) is 3. The molecule has 9 heteroatoms. The number of hydrogen-bond acceptors (Lipinski definition) is 6. The molecular weight excluding hydrogens is 450 g/mol. The van der Waals surface area contributed by atoms with Crippen LogP contribution in [0.1, 0.15) is 34.3 Å². The molecule has 2 heterocycles. The molecule has 4 aromatic rings. The normalized spacial score (nSPS) is 10.9. The van der Waals surface area contributed by atoms with E-state index in [1.54, 1.807) is 30.6 Å². The van der Waals surface area contributed by atoms with E-state index in [-0.39, 0.29) is 11.8 Å². The summed E-state index contributed by atoms with van der Waals surface area (Å²) in [6.45, 7) is 3.98.